The monoisotopic (exact) mass is 419 g/mol. The minimum atomic E-state index is -1.53. The van der Waals surface area contributed by atoms with Crippen LogP contribution in [0.1, 0.15) is 32.0 Å². The second-order valence-corrected chi connectivity index (χ2v) is 9.21. The second kappa shape index (κ2) is 7.86. The normalized spacial score (nSPS) is 13.3. The topological polar surface area (TPSA) is 115 Å². The number of hydrogen-bond donors (Lipinski definition) is 3. The van der Waals surface area contributed by atoms with Crippen LogP contribution in [-0.2, 0) is 11.4 Å². The fourth-order valence-corrected chi connectivity index (χ4v) is 4.44. The number of aliphatic hydroxyl groups is 1. The Kier molecular flexibility index (Phi) is 5.69. The van der Waals surface area contributed by atoms with Crippen molar-refractivity contribution >= 4 is 44.6 Å². The maximum atomic E-state index is 12.8. The highest BCUT2D eigenvalue weighted by Gasteiger charge is 2.33. The van der Waals surface area contributed by atoms with Gasteiger partial charge in [-0.1, -0.05) is 0 Å². The van der Waals surface area contributed by atoms with Crippen molar-refractivity contribution in [2.45, 2.75) is 32.9 Å². The van der Waals surface area contributed by atoms with E-state index in [-0.39, 0.29) is 0 Å². The Morgan fingerprint density at radius 3 is 2.68 bits per heavy atom. The summed E-state index contributed by atoms with van der Waals surface area (Å²) in [6.07, 6.45) is 1.78. The minimum absolute atomic E-state index is 0.395. The molecule has 0 aliphatic heterocycles. The van der Waals surface area contributed by atoms with Gasteiger partial charge in [-0.3, -0.25) is 9.59 Å². The highest BCUT2D eigenvalue weighted by atomic mass is 32.1. The predicted molar refractivity (Wildman–Crippen MR) is 110 cm³/mol. The van der Waals surface area contributed by atoms with Crippen LogP contribution in [0.15, 0.2) is 24.4 Å². The molecule has 0 bridgehead atoms. The molecule has 7 nitrogen and oxygen atoms in total. The van der Waals surface area contributed by atoms with E-state index in [9.17, 15) is 14.7 Å². The van der Waals surface area contributed by atoms with Crippen molar-refractivity contribution in [1.82, 2.24) is 10.3 Å². The van der Waals surface area contributed by atoms with Crippen LogP contribution in [0.4, 0.5) is 0 Å². The van der Waals surface area contributed by atoms with E-state index in [1.165, 1.54) is 18.3 Å². The number of aliphatic hydroxyl groups excluding tert-OH is 1. The Morgan fingerprint density at radius 1 is 1.32 bits per heavy atom. The number of nitrogens with one attached hydrogen (secondary N) is 1. The Hall–Kier alpha value is -2.49. The number of amides is 2. The zero-order valence-corrected chi connectivity index (χ0v) is 17.4. The second-order valence-electron chi connectivity index (χ2n) is 6.63. The molecular weight excluding hydrogens is 398 g/mol. The molecule has 9 heteroatoms. The summed E-state index contributed by atoms with van der Waals surface area (Å²) in [7, 11) is 0. The van der Waals surface area contributed by atoms with Gasteiger partial charge in [0.1, 0.15) is 17.9 Å². The molecule has 0 aliphatic carbocycles. The molecule has 4 N–H and O–H groups in total. The van der Waals surface area contributed by atoms with Crippen LogP contribution in [0.2, 0.25) is 0 Å². The van der Waals surface area contributed by atoms with E-state index >= 15 is 0 Å². The lowest BCUT2D eigenvalue weighted by Crippen LogP contribution is -2.57. The number of benzene rings is 1. The van der Waals surface area contributed by atoms with Crippen LogP contribution in [0.25, 0.3) is 10.1 Å². The number of rotatable bonds is 7. The van der Waals surface area contributed by atoms with Crippen molar-refractivity contribution in [2.75, 3.05) is 6.61 Å². The van der Waals surface area contributed by atoms with E-state index < -0.39 is 24.0 Å². The van der Waals surface area contributed by atoms with Gasteiger partial charge in [-0.2, -0.15) is 0 Å². The summed E-state index contributed by atoms with van der Waals surface area (Å²) in [5.74, 6) is -0.635. The number of ether oxygens (including phenoxy) is 1. The minimum Gasteiger partial charge on any atom is -0.488 e. The van der Waals surface area contributed by atoms with Gasteiger partial charge in [-0.15, -0.1) is 22.7 Å². The first-order chi connectivity index (χ1) is 13.2. The smallest absolute Gasteiger partial charge is 0.253 e. The Morgan fingerprint density at radius 2 is 2.07 bits per heavy atom. The third kappa shape index (κ3) is 4.01. The fraction of sp³-hybridized carbons (Fsp3) is 0.316. The van der Waals surface area contributed by atoms with Gasteiger partial charge in [0, 0.05) is 21.2 Å². The van der Waals surface area contributed by atoms with Crippen molar-refractivity contribution in [1.29, 1.82) is 0 Å². The third-order valence-corrected chi connectivity index (χ3v) is 6.33. The van der Waals surface area contributed by atoms with Crippen molar-refractivity contribution in [3.05, 3.63) is 44.7 Å². The molecule has 3 aromatic rings. The van der Waals surface area contributed by atoms with Gasteiger partial charge in [-0.25, -0.2) is 4.98 Å². The van der Waals surface area contributed by atoms with Crippen molar-refractivity contribution in [3.63, 3.8) is 0 Å². The van der Waals surface area contributed by atoms with E-state index in [1.807, 2.05) is 32.0 Å². The standard InChI is InChI=1S/C19H21N3O4S2/c1-10-16(17(24)22-19(3,9-23)18(20)25)14-6-12(4-5-15(14)27-10)26-8-13-7-21-11(2)28-13/h4-7,23H,8-9H2,1-3H3,(H2,20,25)(H,22,24). The number of aromatic nitrogens is 1. The maximum Gasteiger partial charge on any atom is 0.253 e. The lowest BCUT2D eigenvalue weighted by molar-refractivity contribution is -0.124. The summed E-state index contributed by atoms with van der Waals surface area (Å²) >= 11 is 3.04. The molecule has 1 unspecified atom stereocenters. The number of aryl methyl sites for hydroxylation is 2. The molecule has 1 aromatic carbocycles. The first kappa shape index (κ1) is 20.2. The molecule has 0 radical (unpaired) electrons. The number of thiophene rings is 1. The molecule has 0 saturated heterocycles. The lowest BCUT2D eigenvalue weighted by atomic mass is 10.0. The first-order valence-corrected chi connectivity index (χ1v) is 10.2. The number of thiazole rings is 1. The predicted octanol–water partition coefficient (Wildman–Crippen LogP) is 2.52. The van der Waals surface area contributed by atoms with Crippen LogP contribution in [0.5, 0.6) is 5.75 Å². The molecule has 0 fully saturated rings. The summed E-state index contributed by atoms with van der Waals surface area (Å²) in [6.45, 7) is 4.97. The molecule has 1 atom stereocenters. The van der Waals surface area contributed by atoms with Crippen LogP contribution in [0.3, 0.4) is 0 Å². The maximum absolute atomic E-state index is 12.8. The van der Waals surface area contributed by atoms with E-state index in [0.717, 1.165) is 24.8 Å². The van der Waals surface area contributed by atoms with Crippen molar-refractivity contribution in [2.24, 2.45) is 5.73 Å². The molecule has 28 heavy (non-hydrogen) atoms. The van der Waals surface area contributed by atoms with Crippen LogP contribution >= 0.6 is 22.7 Å². The average Bonchev–Trinajstić information content (AvgIpc) is 3.21. The summed E-state index contributed by atoms with van der Waals surface area (Å²) in [4.78, 5) is 30.5. The van der Waals surface area contributed by atoms with Gasteiger partial charge < -0.3 is 20.9 Å². The fourth-order valence-electron chi connectivity index (χ4n) is 2.69. The van der Waals surface area contributed by atoms with E-state index in [2.05, 4.69) is 10.3 Å². The molecule has 3 rings (SSSR count). The Bertz CT molecular complexity index is 1040. The van der Waals surface area contributed by atoms with E-state index in [1.54, 1.807) is 17.5 Å². The molecule has 2 aromatic heterocycles. The van der Waals surface area contributed by atoms with Gasteiger partial charge in [0.2, 0.25) is 5.91 Å². The zero-order valence-electron chi connectivity index (χ0n) is 15.7. The van der Waals surface area contributed by atoms with E-state index in [4.69, 9.17) is 10.5 Å². The summed E-state index contributed by atoms with van der Waals surface area (Å²) < 4.78 is 6.77. The summed E-state index contributed by atoms with van der Waals surface area (Å²) in [5.41, 5.74) is 4.23. The van der Waals surface area contributed by atoms with Crippen LogP contribution in [0, 0.1) is 13.8 Å². The molecule has 2 heterocycles. The van der Waals surface area contributed by atoms with Gasteiger partial charge >= 0.3 is 0 Å². The van der Waals surface area contributed by atoms with Gasteiger partial charge in [-0.05, 0) is 39.0 Å². The number of fused-ring (bicyclic) bond motifs is 1. The quantitative estimate of drug-likeness (QED) is 0.544. The summed E-state index contributed by atoms with van der Waals surface area (Å²) in [5, 5.41) is 13.7. The highest BCUT2D eigenvalue weighted by molar-refractivity contribution is 7.19. The number of primary amides is 1. The Balaban J connectivity index is 1.88. The Labute approximate surface area is 170 Å². The molecule has 148 valence electrons. The van der Waals surface area contributed by atoms with Gasteiger partial charge in [0.15, 0.2) is 0 Å². The van der Waals surface area contributed by atoms with Crippen molar-refractivity contribution in [3.8, 4) is 5.75 Å². The van der Waals surface area contributed by atoms with Crippen LogP contribution in [-0.4, -0.2) is 34.1 Å². The zero-order chi connectivity index (χ0) is 20.5. The summed E-state index contributed by atoms with van der Waals surface area (Å²) in [6, 6.07) is 5.56. The molecule has 0 spiro atoms. The van der Waals surface area contributed by atoms with E-state index in [0.29, 0.717) is 17.9 Å². The van der Waals surface area contributed by atoms with Gasteiger partial charge in [0.25, 0.3) is 5.91 Å². The number of nitrogens with two attached hydrogens (primary N) is 1. The van der Waals surface area contributed by atoms with Gasteiger partial charge in [0.05, 0.1) is 22.1 Å². The van der Waals surface area contributed by atoms with Crippen molar-refractivity contribution < 1.29 is 19.4 Å². The molecule has 0 aliphatic rings. The lowest BCUT2D eigenvalue weighted by Gasteiger charge is -2.24. The number of hydrogen-bond acceptors (Lipinski definition) is 7. The highest BCUT2D eigenvalue weighted by Crippen LogP contribution is 2.34. The number of nitrogens with zero attached hydrogens (tertiary/aromatic N) is 1. The number of carbonyl (C=O) groups excluding carboxylic acids is 2. The molecule has 0 saturated carbocycles. The SMILES string of the molecule is Cc1ncc(COc2ccc3sc(C)c(C(=O)NC(C)(CO)C(N)=O)c3c2)s1. The molecular formula is C19H21N3O4S2. The molecule has 2 amide bonds. The van der Waals surface area contributed by atoms with Crippen LogP contribution < -0.4 is 15.8 Å². The first-order valence-electron chi connectivity index (χ1n) is 8.54. The average molecular weight is 420 g/mol. The third-order valence-electron chi connectivity index (χ3n) is 4.36. The largest absolute Gasteiger partial charge is 0.488 e. The number of carbonyl (C=O) groups is 2.